The van der Waals surface area contributed by atoms with Gasteiger partial charge in [-0.1, -0.05) is 20.8 Å². The first-order chi connectivity index (χ1) is 10.1. The molecule has 116 valence electrons. The van der Waals surface area contributed by atoms with Crippen LogP contribution in [0.25, 0.3) is 0 Å². The van der Waals surface area contributed by atoms with Gasteiger partial charge in [0, 0.05) is 6.07 Å². The average Bonchev–Trinajstić information content (AvgIpc) is 2.49. The van der Waals surface area contributed by atoms with Crippen LogP contribution >= 0.6 is 0 Å². The normalized spacial score (nSPS) is 25.4. The highest BCUT2D eigenvalue weighted by molar-refractivity contribution is 5.79. The van der Waals surface area contributed by atoms with E-state index in [0.717, 1.165) is 37.2 Å². The Kier molecular flexibility index (Phi) is 5.66. The lowest BCUT2D eigenvalue weighted by molar-refractivity contribution is 0.0974. The predicted molar refractivity (Wildman–Crippen MR) is 84.2 cm³/mol. The van der Waals surface area contributed by atoms with Crippen molar-refractivity contribution in [1.29, 1.82) is 0 Å². The maximum atomic E-state index is 11.2. The molecule has 3 heteroatoms. The molecule has 0 saturated heterocycles. The Morgan fingerprint density at radius 3 is 2.71 bits per heavy atom. The van der Waals surface area contributed by atoms with Crippen LogP contribution < -0.4 is 9.47 Å². The second kappa shape index (κ2) is 7.48. The quantitative estimate of drug-likeness (QED) is 0.724. The minimum Gasteiger partial charge on any atom is -0.493 e. The standard InChI is InChI=1S/C18H26O3/c1-4-9-20-16-8-6-15(12-19)18(11-16)21-17-7-5-13(2)14(3)10-17/h6,8,11-14,17H,4-5,7,9-10H2,1-3H3. The molecule has 1 aliphatic rings. The summed E-state index contributed by atoms with van der Waals surface area (Å²) in [6, 6.07) is 5.46. The summed E-state index contributed by atoms with van der Waals surface area (Å²) in [6.07, 6.45) is 5.33. The van der Waals surface area contributed by atoms with Crippen LogP contribution in [0.2, 0.25) is 0 Å². The van der Waals surface area contributed by atoms with Gasteiger partial charge in [0.1, 0.15) is 11.5 Å². The van der Waals surface area contributed by atoms with Crippen LogP contribution in [0.15, 0.2) is 18.2 Å². The van der Waals surface area contributed by atoms with Crippen LogP contribution in [0.5, 0.6) is 11.5 Å². The van der Waals surface area contributed by atoms with E-state index in [-0.39, 0.29) is 6.10 Å². The summed E-state index contributed by atoms with van der Waals surface area (Å²) in [5.41, 5.74) is 0.602. The lowest BCUT2D eigenvalue weighted by Crippen LogP contribution is -2.29. The molecule has 3 nitrogen and oxygen atoms in total. The summed E-state index contributed by atoms with van der Waals surface area (Å²) < 4.78 is 11.7. The smallest absolute Gasteiger partial charge is 0.153 e. The van der Waals surface area contributed by atoms with Gasteiger partial charge in [0.15, 0.2) is 6.29 Å². The van der Waals surface area contributed by atoms with Gasteiger partial charge >= 0.3 is 0 Å². The van der Waals surface area contributed by atoms with E-state index in [1.54, 1.807) is 6.07 Å². The van der Waals surface area contributed by atoms with Crippen molar-refractivity contribution in [3.05, 3.63) is 23.8 Å². The van der Waals surface area contributed by atoms with Gasteiger partial charge in [-0.25, -0.2) is 0 Å². The van der Waals surface area contributed by atoms with Crippen LogP contribution in [0, 0.1) is 11.8 Å². The van der Waals surface area contributed by atoms with Crippen molar-refractivity contribution < 1.29 is 14.3 Å². The minimum atomic E-state index is 0.205. The zero-order valence-electron chi connectivity index (χ0n) is 13.3. The number of carbonyl (C=O) groups is 1. The third kappa shape index (κ3) is 4.23. The lowest BCUT2D eigenvalue weighted by Gasteiger charge is -2.32. The van der Waals surface area contributed by atoms with Crippen LogP contribution in [0.3, 0.4) is 0 Å². The van der Waals surface area contributed by atoms with E-state index < -0.39 is 0 Å². The Bertz CT molecular complexity index is 470. The molecule has 0 heterocycles. The van der Waals surface area contributed by atoms with Crippen LogP contribution in [-0.2, 0) is 0 Å². The molecule has 2 rings (SSSR count). The molecule has 1 aliphatic carbocycles. The first-order valence-electron chi connectivity index (χ1n) is 8.02. The number of aldehydes is 1. The first-order valence-corrected chi connectivity index (χ1v) is 8.02. The van der Waals surface area contributed by atoms with Gasteiger partial charge in [-0.2, -0.15) is 0 Å². The maximum Gasteiger partial charge on any atom is 0.153 e. The summed E-state index contributed by atoms with van der Waals surface area (Å²) in [5, 5.41) is 0. The third-order valence-electron chi connectivity index (χ3n) is 4.43. The number of carbonyl (C=O) groups excluding carboxylic acids is 1. The highest BCUT2D eigenvalue weighted by atomic mass is 16.5. The van der Waals surface area contributed by atoms with Gasteiger partial charge in [-0.05, 0) is 49.7 Å². The van der Waals surface area contributed by atoms with Gasteiger partial charge < -0.3 is 9.47 Å². The number of rotatable bonds is 6. The number of hydrogen-bond acceptors (Lipinski definition) is 3. The van der Waals surface area contributed by atoms with E-state index in [2.05, 4.69) is 20.8 Å². The summed E-state index contributed by atoms with van der Waals surface area (Å²) >= 11 is 0. The van der Waals surface area contributed by atoms with Crippen molar-refractivity contribution >= 4 is 6.29 Å². The molecule has 0 amide bonds. The highest BCUT2D eigenvalue weighted by Crippen LogP contribution is 2.33. The van der Waals surface area contributed by atoms with Crippen molar-refractivity contribution in [3.8, 4) is 11.5 Å². The Morgan fingerprint density at radius 2 is 2.05 bits per heavy atom. The number of benzene rings is 1. The Morgan fingerprint density at radius 1 is 1.24 bits per heavy atom. The van der Waals surface area contributed by atoms with Crippen LogP contribution in [-0.4, -0.2) is 19.0 Å². The summed E-state index contributed by atoms with van der Waals surface area (Å²) in [7, 11) is 0. The summed E-state index contributed by atoms with van der Waals surface area (Å²) in [6.45, 7) is 7.33. The molecule has 3 atom stereocenters. The second-order valence-corrected chi connectivity index (χ2v) is 6.17. The summed E-state index contributed by atoms with van der Waals surface area (Å²) in [5.74, 6) is 2.86. The predicted octanol–water partition coefficient (Wildman–Crippen LogP) is 4.49. The molecule has 0 aliphatic heterocycles. The van der Waals surface area contributed by atoms with Gasteiger partial charge in [0.05, 0.1) is 18.3 Å². The molecule has 21 heavy (non-hydrogen) atoms. The molecule has 1 fully saturated rings. The number of hydrogen-bond donors (Lipinski definition) is 0. The van der Waals surface area contributed by atoms with E-state index in [4.69, 9.17) is 9.47 Å². The van der Waals surface area contributed by atoms with Gasteiger partial charge in [-0.15, -0.1) is 0 Å². The molecule has 0 spiro atoms. The lowest BCUT2D eigenvalue weighted by atomic mass is 9.80. The fraction of sp³-hybridized carbons (Fsp3) is 0.611. The highest BCUT2D eigenvalue weighted by Gasteiger charge is 2.26. The Balaban J connectivity index is 2.08. The monoisotopic (exact) mass is 290 g/mol. The van der Waals surface area contributed by atoms with Gasteiger partial charge in [0.25, 0.3) is 0 Å². The molecule has 0 aromatic heterocycles. The third-order valence-corrected chi connectivity index (χ3v) is 4.43. The summed E-state index contributed by atoms with van der Waals surface area (Å²) in [4.78, 5) is 11.2. The van der Waals surface area contributed by atoms with E-state index in [9.17, 15) is 4.79 Å². The second-order valence-electron chi connectivity index (χ2n) is 6.17. The van der Waals surface area contributed by atoms with Crippen LogP contribution in [0.4, 0.5) is 0 Å². The zero-order valence-corrected chi connectivity index (χ0v) is 13.3. The molecule has 0 N–H and O–H groups in total. The van der Waals surface area contributed by atoms with Crippen molar-refractivity contribution in [1.82, 2.24) is 0 Å². The topological polar surface area (TPSA) is 35.5 Å². The fourth-order valence-electron chi connectivity index (χ4n) is 2.81. The van der Waals surface area contributed by atoms with Crippen molar-refractivity contribution in [3.63, 3.8) is 0 Å². The van der Waals surface area contributed by atoms with E-state index in [1.807, 2.05) is 12.1 Å². The van der Waals surface area contributed by atoms with Gasteiger partial charge in [-0.3, -0.25) is 4.79 Å². The van der Waals surface area contributed by atoms with Crippen molar-refractivity contribution in [2.45, 2.75) is 52.6 Å². The Hall–Kier alpha value is -1.51. The Labute approximate surface area is 127 Å². The number of ether oxygens (including phenoxy) is 2. The average molecular weight is 290 g/mol. The van der Waals surface area contributed by atoms with E-state index in [0.29, 0.717) is 23.8 Å². The molecule has 0 bridgehead atoms. The fourth-order valence-corrected chi connectivity index (χ4v) is 2.81. The molecule has 1 aromatic rings. The zero-order chi connectivity index (χ0) is 15.2. The molecule has 1 saturated carbocycles. The molecular formula is C18H26O3. The molecular weight excluding hydrogens is 264 g/mol. The minimum absolute atomic E-state index is 0.205. The van der Waals surface area contributed by atoms with Crippen molar-refractivity contribution in [2.75, 3.05) is 6.61 Å². The van der Waals surface area contributed by atoms with Gasteiger partial charge in [0.2, 0.25) is 0 Å². The maximum absolute atomic E-state index is 11.2. The largest absolute Gasteiger partial charge is 0.493 e. The van der Waals surface area contributed by atoms with Crippen LogP contribution in [0.1, 0.15) is 56.8 Å². The van der Waals surface area contributed by atoms with E-state index >= 15 is 0 Å². The van der Waals surface area contributed by atoms with E-state index in [1.165, 1.54) is 6.42 Å². The molecule has 1 aromatic carbocycles. The molecule has 0 radical (unpaired) electrons. The SMILES string of the molecule is CCCOc1ccc(C=O)c(OC2CCC(C)C(C)C2)c1. The molecule has 3 unspecified atom stereocenters. The van der Waals surface area contributed by atoms with Crippen molar-refractivity contribution in [2.24, 2.45) is 11.8 Å². The first kappa shape index (κ1) is 15.9.